The summed E-state index contributed by atoms with van der Waals surface area (Å²) in [6.07, 6.45) is 3.82. The fourth-order valence-corrected chi connectivity index (χ4v) is 1.45. The van der Waals surface area contributed by atoms with Gasteiger partial charge in [0.25, 0.3) is 0 Å². The smallest absolute Gasteiger partial charge is 0.116 e. The van der Waals surface area contributed by atoms with Crippen LogP contribution in [0.5, 0.6) is 5.75 Å². The van der Waals surface area contributed by atoms with E-state index in [4.69, 9.17) is 5.41 Å². The molecule has 3 N–H and O–H groups in total. The van der Waals surface area contributed by atoms with Crippen LogP contribution >= 0.6 is 0 Å². The minimum atomic E-state index is 0.262. The number of nitrogens with one attached hydrogen (secondary N) is 2. The van der Waals surface area contributed by atoms with Gasteiger partial charge in [0.05, 0.1) is 0 Å². The summed E-state index contributed by atoms with van der Waals surface area (Å²) in [5.74, 6) is 0.262. The largest absolute Gasteiger partial charge is 0.508 e. The van der Waals surface area contributed by atoms with E-state index in [1.54, 1.807) is 12.1 Å². The highest BCUT2D eigenvalue weighted by Gasteiger charge is 2.02. The summed E-state index contributed by atoms with van der Waals surface area (Å²) in [5, 5.41) is 17.3. The number of phenolic OH excluding ortho intramolecular Hbond substituents is 1. The van der Waals surface area contributed by atoms with Crippen LogP contribution in [0.3, 0.4) is 0 Å². The van der Waals surface area contributed by atoms with Crippen LogP contribution in [0.1, 0.15) is 5.56 Å². The Hall–Kier alpha value is -1.77. The Morgan fingerprint density at radius 1 is 1.46 bits per heavy atom. The van der Waals surface area contributed by atoms with Crippen LogP contribution < -0.4 is 0 Å². The number of aromatic amines is 1. The van der Waals surface area contributed by atoms with E-state index in [1.807, 2.05) is 12.3 Å². The fraction of sp³-hybridized carbons (Fsp3) is 0.100. The number of rotatable bonds is 2. The number of benzene rings is 1. The molecular formula is C10H10N2O. The van der Waals surface area contributed by atoms with Gasteiger partial charge in [-0.1, -0.05) is 0 Å². The van der Waals surface area contributed by atoms with Crippen molar-refractivity contribution in [1.82, 2.24) is 4.98 Å². The number of hydrogen-bond acceptors (Lipinski definition) is 2. The molecule has 0 unspecified atom stereocenters. The van der Waals surface area contributed by atoms with Gasteiger partial charge in [-0.25, -0.2) is 0 Å². The lowest BCUT2D eigenvalue weighted by molar-refractivity contribution is 0.476. The molecule has 3 nitrogen and oxygen atoms in total. The van der Waals surface area contributed by atoms with Crippen LogP contribution in [-0.4, -0.2) is 16.3 Å². The minimum Gasteiger partial charge on any atom is -0.508 e. The number of aromatic nitrogens is 1. The lowest BCUT2D eigenvalue weighted by Gasteiger charge is -1.94. The van der Waals surface area contributed by atoms with Crippen molar-refractivity contribution < 1.29 is 5.11 Å². The maximum absolute atomic E-state index is 9.27. The van der Waals surface area contributed by atoms with Crippen molar-refractivity contribution in [3.8, 4) is 5.75 Å². The quantitative estimate of drug-likeness (QED) is 0.599. The van der Waals surface area contributed by atoms with E-state index in [-0.39, 0.29) is 5.75 Å². The van der Waals surface area contributed by atoms with Gasteiger partial charge in [-0.3, -0.25) is 0 Å². The molecule has 3 heteroatoms. The summed E-state index contributed by atoms with van der Waals surface area (Å²) in [7, 11) is 0. The second-order valence-electron chi connectivity index (χ2n) is 2.95. The Labute approximate surface area is 75.5 Å². The Kier molecular flexibility index (Phi) is 1.77. The van der Waals surface area contributed by atoms with E-state index in [2.05, 4.69) is 4.98 Å². The van der Waals surface area contributed by atoms with Crippen molar-refractivity contribution in [3.05, 3.63) is 30.0 Å². The Balaban J connectivity index is 2.64. The van der Waals surface area contributed by atoms with Gasteiger partial charge in [0.1, 0.15) is 5.75 Å². The zero-order valence-corrected chi connectivity index (χ0v) is 7.04. The molecule has 13 heavy (non-hydrogen) atoms. The number of hydrogen-bond donors (Lipinski definition) is 3. The van der Waals surface area contributed by atoms with Crippen molar-refractivity contribution in [2.45, 2.75) is 6.42 Å². The summed E-state index contributed by atoms with van der Waals surface area (Å²) < 4.78 is 0. The van der Waals surface area contributed by atoms with E-state index in [1.165, 1.54) is 6.21 Å². The highest BCUT2D eigenvalue weighted by molar-refractivity contribution is 5.86. The molecule has 0 amide bonds. The molecule has 0 fully saturated rings. The summed E-state index contributed by atoms with van der Waals surface area (Å²) in [4.78, 5) is 3.09. The average molecular weight is 174 g/mol. The first-order valence-electron chi connectivity index (χ1n) is 4.09. The molecule has 0 bridgehead atoms. The van der Waals surface area contributed by atoms with Crippen molar-refractivity contribution in [1.29, 1.82) is 5.41 Å². The molecule has 0 aliphatic carbocycles. The molecular weight excluding hydrogens is 164 g/mol. The van der Waals surface area contributed by atoms with Gasteiger partial charge in [0.15, 0.2) is 0 Å². The summed E-state index contributed by atoms with van der Waals surface area (Å²) in [6, 6.07) is 5.19. The van der Waals surface area contributed by atoms with E-state index >= 15 is 0 Å². The van der Waals surface area contributed by atoms with Crippen LogP contribution in [0, 0.1) is 5.41 Å². The number of fused-ring (bicyclic) bond motifs is 1. The fourth-order valence-electron chi connectivity index (χ4n) is 1.45. The van der Waals surface area contributed by atoms with Crippen molar-refractivity contribution in [2.75, 3.05) is 0 Å². The monoisotopic (exact) mass is 174 g/mol. The lowest BCUT2D eigenvalue weighted by atomic mass is 10.1. The maximum atomic E-state index is 9.27. The molecule has 0 aliphatic rings. The second-order valence-corrected chi connectivity index (χ2v) is 2.95. The zero-order chi connectivity index (χ0) is 9.26. The highest BCUT2D eigenvalue weighted by Crippen LogP contribution is 2.22. The van der Waals surface area contributed by atoms with Crippen molar-refractivity contribution in [3.63, 3.8) is 0 Å². The third-order valence-corrected chi connectivity index (χ3v) is 2.07. The predicted octanol–water partition coefficient (Wildman–Crippen LogP) is 2.07. The maximum Gasteiger partial charge on any atom is 0.116 e. The van der Waals surface area contributed by atoms with Gasteiger partial charge < -0.3 is 15.5 Å². The number of aromatic hydroxyl groups is 1. The topological polar surface area (TPSA) is 59.9 Å². The van der Waals surface area contributed by atoms with Crippen LogP contribution in [0.4, 0.5) is 0 Å². The molecule has 1 heterocycles. The first-order valence-corrected chi connectivity index (χ1v) is 4.09. The third-order valence-electron chi connectivity index (χ3n) is 2.07. The van der Waals surface area contributed by atoms with E-state index in [0.717, 1.165) is 16.5 Å². The van der Waals surface area contributed by atoms with Crippen LogP contribution in [0.15, 0.2) is 24.4 Å². The number of H-pyrrole nitrogens is 1. The Bertz CT molecular complexity index is 445. The van der Waals surface area contributed by atoms with Gasteiger partial charge in [-0.2, -0.15) is 0 Å². The molecule has 0 saturated carbocycles. The molecule has 1 aromatic heterocycles. The molecule has 0 saturated heterocycles. The lowest BCUT2D eigenvalue weighted by Crippen LogP contribution is -1.81. The third kappa shape index (κ3) is 1.28. The van der Waals surface area contributed by atoms with Gasteiger partial charge in [0.2, 0.25) is 0 Å². The van der Waals surface area contributed by atoms with Gasteiger partial charge in [0, 0.05) is 23.5 Å². The van der Waals surface area contributed by atoms with E-state index in [9.17, 15) is 5.11 Å². The van der Waals surface area contributed by atoms with Gasteiger partial charge in [-0.15, -0.1) is 0 Å². The van der Waals surface area contributed by atoms with E-state index in [0.29, 0.717) is 6.42 Å². The molecule has 0 radical (unpaired) electrons. The summed E-state index contributed by atoms with van der Waals surface area (Å²) in [5.41, 5.74) is 2.04. The first kappa shape index (κ1) is 7.86. The summed E-state index contributed by atoms with van der Waals surface area (Å²) >= 11 is 0. The molecule has 0 spiro atoms. The molecule has 0 atom stereocenters. The Morgan fingerprint density at radius 3 is 3.08 bits per heavy atom. The molecule has 2 rings (SSSR count). The Morgan fingerprint density at radius 2 is 2.31 bits per heavy atom. The second kappa shape index (κ2) is 2.94. The van der Waals surface area contributed by atoms with Crippen LogP contribution in [0.2, 0.25) is 0 Å². The molecule has 0 aliphatic heterocycles. The summed E-state index contributed by atoms with van der Waals surface area (Å²) in [6.45, 7) is 0. The molecule has 2 aromatic rings. The average Bonchev–Trinajstić information content (AvgIpc) is 2.49. The standard InChI is InChI=1S/C10H10N2O/c11-4-3-7-6-12-10-2-1-8(13)5-9(7)10/h1-2,4-6,11-13H,3H2. The normalized spacial score (nSPS) is 10.5. The predicted molar refractivity (Wildman–Crippen MR) is 52.5 cm³/mol. The minimum absolute atomic E-state index is 0.262. The zero-order valence-electron chi connectivity index (χ0n) is 7.04. The number of phenols is 1. The van der Waals surface area contributed by atoms with E-state index < -0.39 is 0 Å². The van der Waals surface area contributed by atoms with Crippen LogP contribution in [0.25, 0.3) is 10.9 Å². The first-order chi connectivity index (χ1) is 6.31. The van der Waals surface area contributed by atoms with Crippen molar-refractivity contribution >= 4 is 17.1 Å². The highest BCUT2D eigenvalue weighted by atomic mass is 16.3. The van der Waals surface area contributed by atoms with Gasteiger partial charge in [-0.05, 0) is 30.0 Å². The van der Waals surface area contributed by atoms with Crippen molar-refractivity contribution in [2.24, 2.45) is 0 Å². The van der Waals surface area contributed by atoms with Crippen LogP contribution in [-0.2, 0) is 6.42 Å². The molecule has 66 valence electrons. The SMILES string of the molecule is N=CCc1c[nH]c2ccc(O)cc12. The molecule has 1 aromatic carbocycles. The van der Waals surface area contributed by atoms with Gasteiger partial charge >= 0.3 is 0 Å².